The third kappa shape index (κ3) is 2.79. The fourth-order valence-electron chi connectivity index (χ4n) is 2.26. The molecule has 0 aromatic heterocycles. The van der Waals surface area contributed by atoms with E-state index in [9.17, 15) is 9.90 Å². The van der Waals surface area contributed by atoms with E-state index in [0.717, 1.165) is 24.9 Å². The number of likely N-dealkylation sites (tertiary alicyclic amines) is 1. The lowest BCUT2D eigenvalue weighted by molar-refractivity contribution is -0.131. The first-order valence-electron chi connectivity index (χ1n) is 5.86. The van der Waals surface area contributed by atoms with Crippen LogP contribution in [0, 0.1) is 0 Å². The Labute approximate surface area is 106 Å². The summed E-state index contributed by atoms with van der Waals surface area (Å²) in [4.78, 5) is 13.9. The number of halogens is 1. The minimum atomic E-state index is -0.00927. The molecule has 92 valence electrons. The molecule has 1 fully saturated rings. The van der Waals surface area contributed by atoms with Gasteiger partial charge in [-0.05, 0) is 24.5 Å². The van der Waals surface area contributed by atoms with E-state index in [1.807, 2.05) is 18.2 Å². The van der Waals surface area contributed by atoms with Crippen molar-refractivity contribution in [1.82, 2.24) is 4.90 Å². The first kappa shape index (κ1) is 12.4. The summed E-state index contributed by atoms with van der Waals surface area (Å²) in [6.45, 7) is 0.794. The predicted molar refractivity (Wildman–Crippen MR) is 67.0 cm³/mol. The van der Waals surface area contributed by atoms with Crippen molar-refractivity contribution >= 4 is 17.5 Å². The minimum absolute atomic E-state index is 0.00927. The van der Waals surface area contributed by atoms with Crippen molar-refractivity contribution in [2.24, 2.45) is 0 Å². The molecule has 1 aliphatic heterocycles. The lowest BCUT2D eigenvalue weighted by atomic mass is 10.1. The van der Waals surface area contributed by atoms with Crippen molar-refractivity contribution in [2.75, 3.05) is 13.2 Å². The van der Waals surface area contributed by atoms with E-state index in [0.29, 0.717) is 11.4 Å². The van der Waals surface area contributed by atoms with Gasteiger partial charge in [0.15, 0.2) is 0 Å². The van der Waals surface area contributed by atoms with E-state index in [1.54, 1.807) is 11.0 Å². The minimum Gasteiger partial charge on any atom is -0.394 e. The lowest BCUT2D eigenvalue weighted by Gasteiger charge is -2.23. The molecular weight excluding hydrogens is 238 g/mol. The Morgan fingerprint density at radius 1 is 1.47 bits per heavy atom. The van der Waals surface area contributed by atoms with E-state index in [2.05, 4.69) is 0 Å². The summed E-state index contributed by atoms with van der Waals surface area (Å²) in [6.07, 6.45) is 2.18. The summed E-state index contributed by atoms with van der Waals surface area (Å²) < 4.78 is 0. The topological polar surface area (TPSA) is 40.5 Å². The first-order valence-corrected chi connectivity index (χ1v) is 6.24. The van der Waals surface area contributed by atoms with Crippen LogP contribution in [0.4, 0.5) is 0 Å². The summed E-state index contributed by atoms with van der Waals surface area (Å²) in [5.41, 5.74) is 0.850. The molecule has 0 saturated carbocycles. The van der Waals surface area contributed by atoms with Crippen molar-refractivity contribution in [3.63, 3.8) is 0 Å². The van der Waals surface area contributed by atoms with Crippen molar-refractivity contribution in [2.45, 2.75) is 25.3 Å². The molecule has 0 unspecified atom stereocenters. The smallest absolute Gasteiger partial charge is 0.227 e. The van der Waals surface area contributed by atoms with Gasteiger partial charge >= 0.3 is 0 Å². The zero-order chi connectivity index (χ0) is 12.3. The second-order valence-electron chi connectivity index (χ2n) is 4.33. The molecule has 2 rings (SSSR count). The molecule has 3 nitrogen and oxygen atoms in total. The number of hydrogen-bond donors (Lipinski definition) is 1. The molecule has 0 radical (unpaired) electrons. The van der Waals surface area contributed by atoms with Gasteiger partial charge in [0.1, 0.15) is 0 Å². The first-order chi connectivity index (χ1) is 8.22. The van der Waals surface area contributed by atoms with Gasteiger partial charge in [0.05, 0.1) is 19.1 Å². The summed E-state index contributed by atoms with van der Waals surface area (Å²) in [7, 11) is 0. The highest BCUT2D eigenvalue weighted by molar-refractivity contribution is 6.31. The Bertz CT molecular complexity index is 408. The monoisotopic (exact) mass is 253 g/mol. The summed E-state index contributed by atoms with van der Waals surface area (Å²) in [5.74, 6) is 0.0506. The Morgan fingerprint density at radius 2 is 2.24 bits per heavy atom. The van der Waals surface area contributed by atoms with Crippen LogP contribution in [-0.4, -0.2) is 35.1 Å². The highest BCUT2D eigenvalue weighted by Crippen LogP contribution is 2.20. The summed E-state index contributed by atoms with van der Waals surface area (Å²) in [6, 6.07) is 7.37. The highest BCUT2D eigenvalue weighted by atomic mass is 35.5. The Balaban J connectivity index is 2.04. The fourth-order valence-corrected chi connectivity index (χ4v) is 2.46. The van der Waals surface area contributed by atoms with Gasteiger partial charge < -0.3 is 10.0 Å². The molecule has 1 saturated heterocycles. The number of aliphatic hydroxyl groups is 1. The standard InChI is InChI=1S/C13H16ClNO2/c14-12-6-2-1-4-10(12)8-13(17)15-7-3-5-11(15)9-16/h1-2,4,6,11,16H,3,5,7-9H2/t11-/m1/s1. The maximum Gasteiger partial charge on any atom is 0.227 e. The van der Waals surface area contributed by atoms with Gasteiger partial charge in [0, 0.05) is 11.6 Å². The maximum atomic E-state index is 12.1. The van der Waals surface area contributed by atoms with Crippen LogP contribution in [0.15, 0.2) is 24.3 Å². The summed E-state index contributed by atoms with van der Waals surface area (Å²) in [5, 5.41) is 9.81. The van der Waals surface area contributed by atoms with Crippen LogP contribution < -0.4 is 0 Å². The highest BCUT2D eigenvalue weighted by Gasteiger charge is 2.27. The Kier molecular flexibility index (Phi) is 4.02. The second kappa shape index (κ2) is 5.52. The molecule has 1 heterocycles. The molecule has 1 aromatic rings. The number of carbonyl (C=O) groups excluding carboxylic acids is 1. The molecule has 0 spiro atoms. The van der Waals surface area contributed by atoms with Crippen molar-refractivity contribution < 1.29 is 9.90 Å². The second-order valence-corrected chi connectivity index (χ2v) is 4.74. The van der Waals surface area contributed by atoms with Crippen molar-refractivity contribution in [3.05, 3.63) is 34.9 Å². The normalized spacial score (nSPS) is 19.6. The van der Waals surface area contributed by atoms with Crippen LogP contribution in [0.25, 0.3) is 0 Å². The average molecular weight is 254 g/mol. The van der Waals surface area contributed by atoms with Gasteiger partial charge in [0.2, 0.25) is 5.91 Å². The van der Waals surface area contributed by atoms with Crippen LogP contribution in [0.2, 0.25) is 5.02 Å². The molecule has 1 atom stereocenters. The van der Waals surface area contributed by atoms with Crippen LogP contribution in [0.1, 0.15) is 18.4 Å². The van der Waals surface area contributed by atoms with E-state index >= 15 is 0 Å². The number of amides is 1. The molecule has 0 aliphatic carbocycles. The van der Waals surface area contributed by atoms with E-state index < -0.39 is 0 Å². The van der Waals surface area contributed by atoms with Crippen molar-refractivity contribution in [1.29, 1.82) is 0 Å². The van der Waals surface area contributed by atoms with Gasteiger partial charge in [-0.1, -0.05) is 29.8 Å². The van der Waals surface area contributed by atoms with Gasteiger partial charge in [0.25, 0.3) is 0 Å². The molecule has 4 heteroatoms. The largest absolute Gasteiger partial charge is 0.394 e. The number of carbonyl (C=O) groups is 1. The number of aliphatic hydroxyl groups excluding tert-OH is 1. The van der Waals surface area contributed by atoms with Gasteiger partial charge in [-0.3, -0.25) is 4.79 Å². The number of nitrogens with zero attached hydrogens (tertiary/aromatic N) is 1. The number of hydrogen-bond acceptors (Lipinski definition) is 2. The Morgan fingerprint density at radius 3 is 2.94 bits per heavy atom. The number of benzene rings is 1. The average Bonchev–Trinajstić information content (AvgIpc) is 2.80. The molecule has 1 aromatic carbocycles. The third-order valence-electron chi connectivity index (χ3n) is 3.21. The maximum absolute atomic E-state index is 12.1. The third-order valence-corrected chi connectivity index (χ3v) is 3.58. The molecule has 1 N–H and O–H groups in total. The van der Waals surface area contributed by atoms with Crippen molar-refractivity contribution in [3.8, 4) is 0 Å². The lowest BCUT2D eigenvalue weighted by Crippen LogP contribution is -2.38. The molecule has 1 aliphatic rings. The summed E-state index contributed by atoms with van der Waals surface area (Å²) >= 11 is 6.03. The van der Waals surface area contributed by atoms with Crippen LogP contribution in [-0.2, 0) is 11.2 Å². The molecule has 1 amide bonds. The zero-order valence-corrected chi connectivity index (χ0v) is 10.4. The molecule has 17 heavy (non-hydrogen) atoms. The van der Waals surface area contributed by atoms with E-state index in [1.165, 1.54) is 0 Å². The predicted octanol–water partition coefficient (Wildman–Crippen LogP) is 1.87. The van der Waals surface area contributed by atoms with Crippen LogP contribution >= 0.6 is 11.6 Å². The fraction of sp³-hybridized carbons (Fsp3) is 0.462. The van der Waals surface area contributed by atoms with Gasteiger partial charge in [-0.2, -0.15) is 0 Å². The van der Waals surface area contributed by atoms with E-state index in [-0.39, 0.29) is 18.6 Å². The molecular formula is C13H16ClNO2. The van der Waals surface area contributed by atoms with Crippen LogP contribution in [0.5, 0.6) is 0 Å². The quantitative estimate of drug-likeness (QED) is 0.893. The van der Waals surface area contributed by atoms with Crippen LogP contribution in [0.3, 0.4) is 0 Å². The SMILES string of the molecule is O=C(Cc1ccccc1Cl)N1CCC[C@@H]1CO. The van der Waals surface area contributed by atoms with E-state index in [4.69, 9.17) is 11.6 Å². The number of rotatable bonds is 3. The van der Waals surface area contributed by atoms with Gasteiger partial charge in [-0.15, -0.1) is 0 Å². The Hall–Kier alpha value is -1.06. The zero-order valence-electron chi connectivity index (χ0n) is 9.60. The molecule has 0 bridgehead atoms. The van der Waals surface area contributed by atoms with Gasteiger partial charge in [-0.25, -0.2) is 0 Å².